The fraction of sp³-hybridized carbons (Fsp3) is 0.444. The number of fused-ring (bicyclic) bond motifs is 1. The Morgan fingerprint density at radius 1 is 1.29 bits per heavy atom. The minimum Gasteiger partial charge on any atom is -0.354 e. The van der Waals surface area contributed by atoms with Crippen LogP contribution < -0.4 is 5.32 Å². The highest BCUT2D eigenvalue weighted by atomic mass is 32.2. The maximum absolute atomic E-state index is 13.0. The van der Waals surface area contributed by atoms with Crippen molar-refractivity contribution in [1.29, 1.82) is 0 Å². The van der Waals surface area contributed by atoms with Gasteiger partial charge in [-0.1, -0.05) is 18.2 Å². The average molecular weight is 343 g/mol. The van der Waals surface area contributed by atoms with Gasteiger partial charge in [-0.3, -0.25) is 9.59 Å². The first kappa shape index (κ1) is 15.6. The molecule has 126 valence electrons. The Labute approximate surface area is 145 Å². The second-order valence-corrected chi connectivity index (χ2v) is 7.63. The summed E-state index contributed by atoms with van der Waals surface area (Å²) in [5.74, 6) is 1.81. The van der Waals surface area contributed by atoms with Crippen LogP contribution >= 0.6 is 11.8 Å². The van der Waals surface area contributed by atoms with Gasteiger partial charge in [-0.2, -0.15) is 0 Å². The van der Waals surface area contributed by atoms with E-state index in [0.717, 1.165) is 17.4 Å². The lowest BCUT2D eigenvalue weighted by atomic mass is 10.2. The van der Waals surface area contributed by atoms with Gasteiger partial charge >= 0.3 is 0 Å². The summed E-state index contributed by atoms with van der Waals surface area (Å²) in [4.78, 5) is 27.2. The fourth-order valence-electron chi connectivity index (χ4n) is 3.19. The van der Waals surface area contributed by atoms with E-state index in [4.69, 9.17) is 0 Å². The number of carbonyl (C=O) groups is 2. The van der Waals surface area contributed by atoms with E-state index in [1.165, 1.54) is 12.8 Å². The van der Waals surface area contributed by atoms with Gasteiger partial charge in [0.15, 0.2) is 0 Å². The Morgan fingerprint density at radius 3 is 2.83 bits per heavy atom. The van der Waals surface area contributed by atoms with Gasteiger partial charge in [-0.25, -0.2) is 0 Å². The third kappa shape index (κ3) is 2.79. The van der Waals surface area contributed by atoms with Gasteiger partial charge in [0.05, 0.1) is 5.88 Å². The number of aryl methyl sites for hydroxylation is 1. The Kier molecular flexibility index (Phi) is 4.00. The second kappa shape index (κ2) is 6.16. The molecule has 1 aliphatic carbocycles. The smallest absolute Gasteiger partial charge is 0.271 e. The molecular weight excluding hydrogens is 322 g/mol. The number of hydrogen-bond acceptors (Lipinski definition) is 3. The highest BCUT2D eigenvalue weighted by molar-refractivity contribution is 7.99. The van der Waals surface area contributed by atoms with E-state index in [-0.39, 0.29) is 17.9 Å². The summed E-state index contributed by atoms with van der Waals surface area (Å²) in [6.07, 6.45) is 2.41. The lowest BCUT2D eigenvalue weighted by Crippen LogP contribution is -2.48. The van der Waals surface area contributed by atoms with Crippen LogP contribution in [0, 0.1) is 5.92 Å². The standard InChI is InChI=1S/C18H21N3O2S/c1-20-14-5-3-2-4-13(14)8-15(20)18(23)21-11-24-10-16(21)17(22)19-9-12-6-7-12/h2-5,8,12,16H,6-7,9-11H2,1H3,(H,19,22)/t16-/m1/s1. The fourth-order valence-corrected chi connectivity index (χ4v) is 4.34. The first-order valence-corrected chi connectivity index (χ1v) is 9.51. The van der Waals surface area contributed by atoms with Gasteiger partial charge < -0.3 is 14.8 Å². The predicted octanol–water partition coefficient (Wildman–Crippen LogP) is 2.22. The van der Waals surface area contributed by atoms with Crippen molar-refractivity contribution < 1.29 is 9.59 Å². The quantitative estimate of drug-likeness (QED) is 0.926. The SMILES string of the molecule is Cn1c(C(=O)N2CSC[C@@H]2C(=O)NCC2CC2)cc2ccccc21. The zero-order valence-corrected chi connectivity index (χ0v) is 14.5. The number of carbonyl (C=O) groups excluding carboxylic acids is 2. The molecule has 0 bridgehead atoms. The molecule has 1 N–H and O–H groups in total. The zero-order chi connectivity index (χ0) is 16.7. The molecule has 0 spiro atoms. The van der Waals surface area contributed by atoms with Crippen LogP contribution in [0.5, 0.6) is 0 Å². The van der Waals surface area contributed by atoms with Crippen LogP contribution in [0.4, 0.5) is 0 Å². The summed E-state index contributed by atoms with van der Waals surface area (Å²) in [6, 6.07) is 9.50. The molecule has 1 aromatic heterocycles. The number of thioether (sulfide) groups is 1. The predicted molar refractivity (Wildman–Crippen MR) is 95.9 cm³/mol. The molecule has 1 aliphatic heterocycles. The minimum absolute atomic E-state index is 0.0148. The van der Waals surface area contributed by atoms with Crippen molar-refractivity contribution in [3.63, 3.8) is 0 Å². The van der Waals surface area contributed by atoms with Gasteiger partial charge in [0.25, 0.3) is 5.91 Å². The number of para-hydroxylation sites is 1. The molecule has 1 atom stereocenters. The summed E-state index contributed by atoms with van der Waals surface area (Å²) in [5, 5.41) is 4.06. The summed E-state index contributed by atoms with van der Waals surface area (Å²) in [5.41, 5.74) is 1.67. The average Bonchev–Trinajstić information content (AvgIpc) is 3.19. The van der Waals surface area contributed by atoms with E-state index in [9.17, 15) is 9.59 Å². The minimum atomic E-state index is -0.362. The van der Waals surface area contributed by atoms with Crippen molar-refractivity contribution in [2.24, 2.45) is 13.0 Å². The van der Waals surface area contributed by atoms with E-state index in [2.05, 4.69) is 5.32 Å². The molecule has 4 rings (SSSR count). The van der Waals surface area contributed by atoms with Gasteiger partial charge in [0, 0.05) is 30.2 Å². The van der Waals surface area contributed by atoms with Crippen molar-refractivity contribution in [3.8, 4) is 0 Å². The topological polar surface area (TPSA) is 54.3 Å². The van der Waals surface area contributed by atoms with E-state index in [1.54, 1.807) is 16.7 Å². The number of benzene rings is 1. The Hall–Kier alpha value is -1.95. The van der Waals surface area contributed by atoms with E-state index >= 15 is 0 Å². The molecule has 5 nitrogen and oxygen atoms in total. The Balaban J connectivity index is 1.55. The molecule has 2 aliphatic rings. The normalized spacial score (nSPS) is 20.5. The summed E-state index contributed by atoms with van der Waals surface area (Å²) in [7, 11) is 1.90. The van der Waals surface area contributed by atoms with E-state index in [1.807, 2.05) is 41.9 Å². The number of hydrogen-bond donors (Lipinski definition) is 1. The van der Waals surface area contributed by atoms with Crippen LogP contribution in [0.3, 0.4) is 0 Å². The van der Waals surface area contributed by atoms with Gasteiger partial charge in [-0.15, -0.1) is 11.8 Å². The molecule has 1 aromatic carbocycles. The second-order valence-electron chi connectivity index (χ2n) is 6.63. The van der Waals surface area contributed by atoms with Gasteiger partial charge in [0.1, 0.15) is 11.7 Å². The van der Waals surface area contributed by atoms with Crippen molar-refractivity contribution in [2.45, 2.75) is 18.9 Å². The lowest BCUT2D eigenvalue weighted by Gasteiger charge is -2.23. The molecule has 1 saturated heterocycles. The molecule has 24 heavy (non-hydrogen) atoms. The molecule has 0 radical (unpaired) electrons. The van der Waals surface area contributed by atoms with Crippen molar-refractivity contribution in [2.75, 3.05) is 18.2 Å². The number of aromatic nitrogens is 1. The first-order chi connectivity index (χ1) is 11.6. The zero-order valence-electron chi connectivity index (χ0n) is 13.7. The van der Waals surface area contributed by atoms with Crippen molar-refractivity contribution in [3.05, 3.63) is 36.0 Å². The lowest BCUT2D eigenvalue weighted by molar-refractivity contribution is -0.124. The van der Waals surface area contributed by atoms with E-state index < -0.39 is 0 Å². The summed E-state index contributed by atoms with van der Waals surface area (Å²) < 4.78 is 1.92. The van der Waals surface area contributed by atoms with Crippen LogP contribution in [-0.2, 0) is 11.8 Å². The number of nitrogens with zero attached hydrogens (tertiary/aromatic N) is 2. The van der Waals surface area contributed by atoms with Crippen LogP contribution in [0.2, 0.25) is 0 Å². The van der Waals surface area contributed by atoms with Crippen LogP contribution in [0.15, 0.2) is 30.3 Å². The molecule has 0 unspecified atom stereocenters. The molecule has 2 heterocycles. The molecule has 6 heteroatoms. The van der Waals surface area contributed by atoms with Gasteiger partial charge in [0.2, 0.25) is 5.91 Å². The molecular formula is C18H21N3O2S. The number of rotatable bonds is 4. The molecule has 2 fully saturated rings. The number of amides is 2. The third-order valence-electron chi connectivity index (χ3n) is 4.88. The third-order valence-corrected chi connectivity index (χ3v) is 5.89. The van der Waals surface area contributed by atoms with Crippen molar-refractivity contribution in [1.82, 2.24) is 14.8 Å². The van der Waals surface area contributed by atoms with Crippen LogP contribution in [0.1, 0.15) is 23.3 Å². The van der Waals surface area contributed by atoms with Gasteiger partial charge in [-0.05, 0) is 30.9 Å². The highest BCUT2D eigenvalue weighted by Crippen LogP contribution is 2.29. The van der Waals surface area contributed by atoms with E-state index in [0.29, 0.717) is 23.2 Å². The summed E-state index contributed by atoms with van der Waals surface area (Å²) >= 11 is 1.64. The largest absolute Gasteiger partial charge is 0.354 e. The molecule has 2 amide bonds. The van der Waals surface area contributed by atoms with Crippen LogP contribution in [0.25, 0.3) is 10.9 Å². The Bertz CT molecular complexity index is 797. The monoisotopic (exact) mass is 343 g/mol. The number of nitrogens with one attached hydrogen (secondary N) is 1. The van der Waals surface area contributed by atoms with Crippen LogP contribution in [-0.4, -0.2) is 45.5 Å². The maximum atomic E-state index is 13.0. The summed E-state index contributed by atoms with van der Waals surface area (Å²) in [6.45, 7) is 0.746. The van der Waals surface area contributed by atoms with Crippen molar-refractivity contribution >= 4 is 34.5 Å². The first-order valence-electron chi connectivity index (χ1n) is 8.36. The Morgan fingerprint density at radius 2 is 2.08 bits per heavy atom. The highest BCUT2D eigenvalue weighted by Gasteiger charge is 2.36. The maximum Gasteiger partial charge on any atom is 0.271 e. The molecule has 1 saturated carbocycles. The molecule has 2 aromatic rings.